The van der Waals surface area contributed by atoms with Gasteiger partial charge >= 0.3 is 5.69 Å². The minimum absolute atomic E-state index is 0.0442. The summed E-state index contributed by atoms with van der Waals surface area (Å²) in [6.07, 6.45) is 0. The second-order valence-corrected chi connectivity index (χ2v) is 7.19. The maximum absolute atomic E-state index is 12.3. The van der Waals surface area contributed by atoms with Crippen molar-refractivity contribution in [3.8, 4) is 0 Å². The van der Waals surface area contributed by atoms with Crippen LogP contribution in [0.25, 0.3) is 0 Å². The maximum Gasteiger partial charge on any atom is 0.327 e. The SMILES string of the molecule is CC(C)(C)CN1CN(Cc2ccccc2)c2[nH]c(=O)[nH]c(=O)c21. The third-order valence-electron chi connectivity index (χ3n) is 3.75. The molecule has 6 nitrogen and oxygen atoms in total. The molecule has 2 aromatic rings. The Hall–Kier alpha value is -2.50. The quantitative estimate of drug-likeness (QED) is 0.907. The smallest absolute Gasteiger partial charge is 0.327 e. The molecule has 1 aromatic carbocycles. The molecular weight excluding hydrogens is 292 g/mol. The average molecular weight is 314 g/mol. The number of H-pyrrole nitrogens is 2. The molecule has 0 bridgehead atoms. The van der Waals surface area contributed by atoms with Crippen molar-refractivity contribution < 1.29 is 0 Å². The lowest BCUT2D eigenvalue weighted by molar-refractivity contribution is 0.412. The van der Waals surface area contributed by atoms with Gasteiger partial charge in [0.1, 0.15) is 11.5 Å². The zero-order valence-electron chi connectivity index (χ0n) is 13.7. The number of nitrogens with zero attached hydrogens (tertiary/aromatic N) is 2. The van der Waals surface area contributed by atoms with E-state index in [1.807, 2.05) is 40.1 Å². The van der Waals surface area contributed by atoms with Crippen LogP contribution in [0.1, 0.15) is 26.3 Å². The molecule has 0 aliphatic carbocycles. The highest BCUT2D eigenvalue weighted by molar-refractivity contribution is 5.71. The second kappa shape index (κ2) is 5.61. The predicted molar refractivity (Wildman–Crippen MR) is 92.0 cm³/mol. The summed E-state index contributed by atoms with van der Waals surface area (Å²) in [5.41, 5.74) is 0.934. The fourth-order valence-corrected chi connectivity index (χ4v) is 2.97. The first-order valence-electron chi connectivity index (χ1n) is 7.74. The molecule has 2 heterocycles. The number of aromatic nitrogens is 2. The van der Waals surface area contributed by atoms with E-state index >= 15 is 0 Å². The summed E-state index contributed by atoms with van der Waals surface area (Å²) in [5.74, 6) is 0.604. The minimum atomic E-state index is -0.468. The molecule has 23 heavy (non-hydrogen) atoms. The Kier molecular flexibility index (Phi) is 3.75. The number of hydrogen-bond donors (Lipinski definition) is 2. The van der Waals surface area contributed by atoms with E-state index in [4.69, 9.17) is 0 Å². The molecule has 6 heteroatoms. The lowest BCUT2D eigenvalue weighted by atomic mass is 9.96. The topological polar surface area (TPSA) is 72.2 Å². The Morgan fingerprint density at radius 2 is 1.74 bits per heavy atom. The highest BCUT2D eigenvalue weighted by Crippen LogP contribution is 2.32. The highest BCUT2D eigenvalue weighted by atomic mass is 16.2. The Balaban J connectivity index is 1.98. The van der Waals surface area contributed by atoms with Crippen LogP contribution in [0.5, 0.6) is 0 Å². The van der Waals surface area contributed by atoms with Gasteiger partial charge in [0.15, 0.2) is 0 Å². The molecule has 3 rings (SSSR count). The molecular formula is C17H22N4O2. The van der Waals surface area contributed by atoms with Crippen LogP contribution in [-0.2, 0) is 6.54 Å². The van der Waals surface area contributed by atoms with Crippen molar-refractivity contribution >= 4 is 11.5 Å². The van der Waals surface area contributed by atoms with Crippen LogP contribution in [0.2, 0.25) is 0 Å². The summed E-state index contributed by atoms with van der Waals surface area (Å²) < 4.78 is 0. The summed E-state index contributed by atoms with van der Waals surface area (Å²) in [7, 11) is 0. The molecule has 0 saturated carbocycles. The Morgan fingerprint density at radius 3 is 2.39 bits per heavy atom. The third kappa shape index (κ3) is 3.31. The van der Waals surface area contributed by atoms with Crippen molar-refractivity contribution in [2.75, 3.05) is 23.0 Å². The lowest BCUT2D eigenvalue weighted by Gasteiger charge is -2.28. The molecule has 0 spiro atoms. The van der Waals surface area contributed by atoms with Crippen LogP contribution in [0.15, 0.2) is 39.9 Å². The molecule has 1 aliphatic rings. The first-order chi connectivity index (χ1) is 10.8. The van der Waals surface area contributed by atoms with Gasteiger partial charge in [-0.1, -0.05) is 51.1 Å². The van der Waals surface area contributed by atoms with E-state index in [9.17, 15) is 9.59 Å². The van der Waals surface area contributed by atoms with E-state index in [0.717, 1.165) is 12.1 Å². The van der Waals surface area contributed by atoms with Crippen molar-refractivity contribution in [1.82, 2.24) is 9.97 Å². The van der Waals surface area contributed by atoms with E-state index in [1.165, 1.54) is 0 Å². The first-order valence-corrected chi connectivity index (χ1v) is 7.74. The fraction of sp³-hybridized carbons (Fsp3) is 0.412. The number of rotatable bonds is 3. The van der Waals surface area contributed by atoms with Crippen molar-refractivity contribution in [1.29, 1.82) is 0 Å². The monoisotopic (exact) mass is 314 g/mol. The van der Waals surface area contributed by atoms with Gasteiger partial charge in [0.25, 0.3) is 5.56 Å². The highest BCUT2D eigenvalue weighted by Gasteiger charge is 2.32. The Labute approximate surface area is 134 Å². The van der Waals surface area contributed by atoms with Crippen LogP contribution in [-0.4, -0.2) is 23.2 Å². The maximum atomic E-state index is 12.3. The van der Waals surface area contributed by atoms with E-state index < -0.39 is 5.69 Å². The lowest BCUT2D eigenvalue weighted by Crippen LogP contribution is -2.37. The Bertz CT molecular complexity index is 802. The van der Waals surface area contributed by atoms with E-state index in [-0.39, 0.29) is 11.0 Å². The normalized spacial score (nSPS) is 14.2. The van der Waals surface area contributed by atoms with Crippen molar-refractivity contribution in [3.63, 3.8) is 0 Å². The molecule has 0 atom stereocenters. The number of hydrogen-bond acceptors (Lipinski definition) is 4. The molecule has 0 unspecified atom stereocenters. The number of anilines is 2. The summed E-state index contributed by atoms with van der Waals surface area (Å²) in [6.45, 7) is 8.37. The van der Waals surface area contributed by atoms with Gasteiger partial charge in [0.2, 0.25) is 0 Å². The van der Waals surface area contributed by atoms with Crippen molar-refractivity contribution in [3.05, 3.63) is 56.7 Å². The van der Waals surface area contributed by atoms with E-state index in [1.54, 1.807) is 0 Å². The van der Waals surface area contributed by atoms with Gasteiger partial charge in [-0.25, -0.2) is 4.79 Å². The van der Waals surface area contributed by atoms with Gasteiger partial charge in [0, 0.05) is 13.1 Å². The first kappa shape index (κ1) is 15.4. The zero-order chi connectivity index (χ0) is 16.6. The van der Waals surface area contributed by atoms with Gasteiger partial charge < -0.3 is 9.80 Å². The van der Waals surface area contributed by atoms with Gasteiger partial charge in [-0.3, -0.25) is 14.8 Å². The average Bonchev–Trinajstić information content (AvgIpc) is 2.75. The summed E-state index contributed by atoms with van der Waals surface area (Å²) in [6, 6.07) is 10.0. The molecule has 0 amide bonds. The number of nitrogens with one attached hydrogen (secondary N) is 2. The number of aromatic amines is 2. The van der Waals surface area contributed by atoms with Crippen LogP contribution >= 0.6 is 0 Å². The second-order valence-electron chi connectivity index (χ2n) is 7.19. The predicted octanol–water partition coefficient (Wildman–Crippen LogP) is 1.89. The molecule has 2 N–H and O–H groups in total. The largest absolute Gasteiger partial charge is 0.346 e. The van der Waals surface area contributed by atoms with Crippen LogP contribution in [0.3, 0.4) is 0 Å². The zero-order valence-corrected chi connectivity index (χ0v) is 13.7. The van der Waals surface area contributed by atoms with Gasteiger partial charge in [0.05, 0.1) is 6.67 Å². The Morgan fingerprint density at radius 1 is 1.04 bits per heavy atom. The van der Waals surface area contributed by atoms with E-state index in [0.29, 0.717) is 24.7 Å². The molecule has 1 aromatic heterocycles. The molecule has 0 radical (unpaired) electrons. The summed E-state index contributed by atoms with van der Waals surface area (Å²) in [5, 5.41) is 0. The van der Waals surface area contributed by atoms with Gasteiger partial charge in [-0.2, -0.15) is 0 Å². The number of benzene rings is 1. The fourth-order valence-electron chi connectivity index (χ4n) is 2.97. The van der Waals surface area contributed by atoms with Crippen LogP contribution in [0.4, 0.5) is 11.5 Å². The van der Waals surface area contributed by atoms with Gasteiger partial charge in [-0.05, 0) is 11.0 Å². The van der Waals surface area contributed by atoms with Crippen LogP contribution < -0.4 is 21.0 Å². The summed E-state index contributed by atoms with van der Waals surface area (Å²) >= 11 is 0. The third-order valence-corrected chi connectivity index (χ3v) is 3.75. The summed E-state index contributed by atoms with van der Waals surface area (Å²) in [4.78, 5) is 33.2. The van der Waals surface area contributed by atoms with Crippen LogP contribution in [0, 0.1) is 5.41 Å². The van der Waals surface area contributed by atoms with E-state index in [2.05, 4.69) is 30.7 Å². The van der Waals surface area contributed by atoms with Crippen molar-refractivity contribution in [2.24, 2.45) is 5.41 Å². The van der Waals surface area contributed by atoms with Gasteiger partial charge in [-0.15, -0.1) is 0 Å². The molecule has 0 saturated heterocycles. The molecule has 1 aliphatic heterocycles. The standard InChI is InChI=1S/C17H22N4O2/c1-17(2,3)10-21-11-20(9-12-7-5-4-6-8-12)14-13(21)15(22)19-16(23)18-14/h4-8H,9-11H2,1-3H3,(H2,18,19,22,23). The van der Waals surface area contributed by atoms with Crippen molar-refractivity contribution in [2.45, 2.75) is 27.3 Å². The minimum Gasteiger partial charge on any atom is -0.346 e. The molecule has 0 fully saturated rings. The molecule has 122 valence electrons. The number of fused-ring (bicyclic) bond motifs is 1.